The van der Waals surface area contributed by atoms with E-state index in [0.29, 0.717) is 12.8 Å². The maximum absolute atomic E-state index is 11.7. The molecule has 5 heteroatoms. The van der Waals surface area contributed by atoms with Gasteiger partial charge in [0.15, 0.2) is 5.78 Å². The Labute approximate surface area is 115 Å². The van der Waals surface area contributed by atoms with Crippen LogP contribution >= 0.6 is 7.60 Å². The van der Waals surface area contributed by atoms with Crippen molar-refractivity contribution in [1.29, 1.82) is 0 Å². The second-order valence-electron chi connectivity index (χ2n) is 6.02. The quantitative estimate of drug-likeness (QED) is 0.530. The average Bonchev–Trinajstić information content (AvgIpc) is 2.69. The molecule has 2 N–H and O–H groups in total. The van der Waals surface area contributed by atoms with Gasteiger partial charge in [-0.1, -0.05) is 39.2 Å². The smallest absolute Gasteiger partial charge is 0.324 e. The van der Waals surface area contributed by atoms with Crippen LogP contribution in [0.1, 0.15) is 58.8 Å². The van der Waals surface area contributed by atoms with Crippen molar-refractivity contribution in [2.45, 2.75) is 58.8 Å². The molecule has 0 saturated carbocycles. The predicted molar refractivity (Wildman–Crippen MR) is 76.1 cm³/mol. The van der Waals surface area contributed by atoms with Crippen LogP contribution in [-0.4, -0.2) is 21.7 Å². The van der Waals surface area contributed by atoms with Crippen LogP contribution in [0, 0.1) is 5.41 Å². The van der Waals surface area contributed by atoms with Gasteiger partial charge in [0, 0.05) is 12.6 Å². The Morgan fingerprint density at radius 3 is 2.37 bits per heavy atom. The summed E-state index contributed by atoms with van der Waals surface area (Å²) in [5.41, 5.74) is 0.916. The first-order valence-electron chi connectivity index (χ1n) is 7.01. The lowest BCUT2D eigenvalue weighted by Gasteiger charge is -2.25. The van der Waals surface area contributed by atoms with Crippen LogP contribution < -0.4 is 0 Å². The minimum Gasteiger partial charge on any atom is -0.324 e. The molecule has 0 saturated heterocycles. The summed E-state index contributed by atoms with van der Waals surface area (Å²) in [6.07, 6.45) is 7.92. The van der Waals surface area contributed by atoms with Gasteiger partial charge >= 0.3 is 7.60 Å². The number of rotatable bonds is 8. The largest absolute Gasteiger partial charge is 0.325 e. The molecule has 0 unspecified atom stereocenters. The molecule has 0 atom stereocenters. The number of carbonyl (C=O) groups is 1. The molecule has 0 aromatic carbocycles. The molecule has 4 nitrogen and oxygen atoms in total. The Balaban J connectivity index is 2.22. The van der Waals surface area contributed by atoms with Crippen LogP contribution in [0.15, 0.2) is 11.6 Å². The summed E-state index contributed by atoms with van der Waals surface area (Å²) >= 11 is 0. The Morgan fingerprint density at radius 2 is 1.84 bits per heavy atom. The van der Waals surface area contributed by atoms with Crippen molar-refractivity contribution in [3.8, 4) is 0 Å². The highest BCUT2D eigenvalue weighted by atomic mass is 31.2. The fourth-order valence-electron chi connectivity index (χ4n) is 2.62. The van der Waals surface area contributed by atoms with Gasteiger partial charge in [-0.15, -0.1) is 0 Å². The van der Waals surface area contributed by atoms with E-state index in [0.717, 1.165) is 37.7 Å². The van der Waals surface area contributed by atoms with Gasteiger partial charge in [-0.05, 0) is 30.3 Å². The van der Waals surface area contributed by atoms with E-state index < -0.39 is 7.60 Å². The number of unbranched alkanes of at least 4 members (excludes halogenated alkanes) is 3. The maximum atomic E-state index is 11.7. The summed E-state index contributed by atoms with van der Waals surface area (Å²) in [6.45, 7) is 4.22. The Kier molecular flexibility index (Phi) is 5.97. The Morgan fingerprint density at radius 1 is 1.21 bits per heavy atom. The number of ketones is 1. The number of carbonyl (C=O) groups excluding carboxylic acids is 1. The zero-order valence-corrected chi connectivity index (χ0v) is 12.8. The van der Waals surface area contributed by atoms with Gasteiger partial charge in [-0.2, -0.15) is 0 Å². The summed E-state index contributed by atoms with van der Waals surface area (Å²) in [4.78, 5) is 29.2. The molecular formula is C14H25O4P. The minimum absolute atomic E-state index is 0.0139. The van der Waals surface area contributed by atoms with E-state index in [2.05, 4.69) is 19.9 Å². The van der Waals surface area contributed by atoms with Gasteiger partial charge in [0.1, 0.15) is 0 Å². The third kappa shape index (κ3) is 6.03. The molecule has 0 spiro atoms. The standard InChI is InChI=1S/C14H25O4P/c1-14(2,12-8-7-9-13(12)15)10-5-3-4-6-11-19(16,17)18/h8H,3-7,9-11H2,1-2H3,(H2,16,17,18). The first-order chi connectivity index (χ1) is 8.72. The van der Waals surface area contributed by atoms with Gasteiger partial charge < -0.3 is 9.79 Å². The third-order valence-corrected chi connectivity index (χ3v) is 4.65. The van der Waals surface area contributed by atoms with Crippen molar-refractivity contribution in [1.82, 2.24) is 0 Å². The number of hydrogen-bond acceptors (Lipinski definition) is 2. The first kappa shape index (κ1) is 16.6. The average molecular weight is 288 g/mol. The van der Waals surface area contributed by atoms with E-state index in [1.165, 1.54) is 0 Å². The molecule has 19 heavy (non-hydrogen) atoms. The van der Waals surface area contributed by atoms with Crippen molar-refractivity contribution in [3.05, 3.63) is 11.6 Å². The zero-order valence-electron chi connectivity index (χ0n) is 11.9. The maximum Gasteiger partial charge on any atom is 0.325 e. The van der Waals surface area contributed by atoms with Crippen LogP contribution in [0.4, 0.5) is 0 Å². The molecule has 0 radical (unpaired) electrons. The predicted octanol–water partition coefficient (Wildman–Crippen LogP) is 3.43. The summed E-state index contributed by atoms with van der Waals surface area (Å²) in [5, 5.41) is 0. The van der Waals surface area contributed by atoms with E-state index in [1.807, 2.05) is 0 Å². The van der Waals surface area contributed by atoms with Gasteiger partial charge in [-0.25, -0.2) is 0 Å². The van der Waals surface area contributed by atoms with Gasteiger partial charge in [-0.3, -0.25) is 9.36 Å². The Bertz CT molecular complexity index is 392. The van der Waals surface area contributed by atoms with E-state index in [-0.39, 0.29) is 17.4 Å². The molecule has 1 rings (SSSR count). The highest BCUT2D eigenvalue weighted by molar-refractivity contribution is 7.51. The SMILES string of the molecule is CC(C)(CCCCCCP(=O)(O)O)C1=CCCC1=O. The first-order valence-corrected chi connectivity index (χ1v) is 8.80. The molecule has 0 fully saturated rings. The molecule has 0 bridgehead atoms. The van der Waals surface area contributed by atoms with E-state index in [4.69, 9.17) is 9.79 Å². The van der Waals surface area contributed by atoms with Gasteiger partial charge in [0.05, 0.1) is 0 Å². The van der Waals surface area contributed by atoms with Crippen molar-refractivity contribution in [2.75, 3.05) is 6.16 Å². The molecular weight excluding hydrogens is 263 g/mol. The Hall–Kier alpha value is -0.440. The van der Waals surface area contributed by atoms with Crippen LogP contribution in [0.2, 0.25) is 0 Å². The summed E-state index contributed by atoms with van der Waals surface area (Å²) < 4.78 is 10.7. The van der Waals surface area contributed by atoms with Gasteiger partial charge in [0.25, 0.3) is 0 Å². The van der Waals surface area contributed by atoms with Crippen molar-refractivity contribution >= 4 is 13.4 Å². The highest BCUT2D eigenvalue weighted by Crippen LogP contribution is 2.38. The topological polar surface area (TPSA) is 74.6 Å². The fourth-order valence-corrected chi connectivity index (χ4v) is 3.26. The van der Waals surface area contributed by atoms with E-state index >= 15 is 0 Å². The van der Waals surface area contributed by atoms with Crippen molar-refractivity contribution in [2.24, 2.45) is 5.41 Å². The number of allylic oxidation sites excluding steroid dienone is 2. The normalized spacial score (nSPS) is 16.8. The molecule has 110 valence electrons. The molecule has 0 aromatic heterocycles. The lowest BCUT2D eigenvalue weighted by Crippen LogP contribution is -2.18. The highest BCUT2D eigenvalue weighted by Gasteiger charge is 2.30. The van der Waals surface area contributed by atoms with Crippen LogP contribution in [0.5, 0.6) is 0 Å². The fraction of sp³-hybridized carbons (Fsp3) is 0.786. The van der Waals surface area contributed by atoms with E-state index in [1.54, 1.807) is 0 Å². The molecule has 0 heterocycles. The second-order valence-corrected chi connectivity index (χ2v) is 7.79. The zero-order chi connectivity index (χ0) is 14.5. The molecule has 1 aliphatic rings. The summed E-state index contributed by atoms with van der Waals surface area (Å²) in [6, 6.07) is 0. The van der Waals surface area contributed by atoms with Crippen LogP contribution in [-0.2, 0) is 9.36 Å². The number of Topliss-reactive ketones (excluding diaryl/α,β-unsaturated/α-hetero) is 1. The van der Waals surface area contributed by atoms with E-state index in [9.17, 15) is 9.36 Å². The lowest BCUT2D eigenvalue weighted by molar-refractivity contribution is -0.115. The number of hydrogen-bond donors (Lipinski definition) is 2. The summed E-state index contributed by atoms with van der Waals surface area (Å²) in [7, 11) is -3.83. The van der Waals surface area contributed by atoms with Crippen molar-refractivity contribution in [3.63, 3.8) is 0 Å². The van der Waals surface area contributed by atoms with Crippen molar-refractivity contribution < 1.29 is 19.1 Å². The summed E-state index contributed by atoms with van der Waals surface area (Å²) in [5.74, 6) is 0.284. The monoisotopic (exact) mass is 288 g/mol. The molecule has 0 aromatic rings. The molecule has 0 aliphatic heterocycles. The minimum atomic E-state index is -3.83. The molecule has 0 amide bonds. The molecule has 1 aliphatic carbocycles. The van der Waals surface area contributed by atoms with Gasteiger partial charge in [0.2, 0.25) is 0 Å². The van der Waals surface area contributed by atoms with Crippen LogP contribution in [0.25, 0.3) is 0 Å². The third-order valence-electron chi connectivity index (χ3n) is 3.75. The second kappa shape index (κ2) is 6.83. The van der Waals surface area contributed by atoms with Crippen LogP contribution in [0.3, 0.4) is 0 Å². The lowest BCUT2D eigenvalue weighted by atomic mass is 9.78.